The monoisotopic (exact) mass is 408 g/mol. The second-order valence-corrected chi connectivity index (χ2v) is 7.62. The van der Waals surface area contributed by atoms with Crippen LogP contribution in [0.3, 0.4) is 0 Å². The second-order valence-electron chi connectivity index (χ2n) is 7.62. The predicted octanol–water partition coefficient (Wildman–Crippen LogP) is 3.85. The molecule has 4 aromatic rings. The molecule has 0 saturated carbocycles. The first-order chi connectivity index (χ1) is 15.4. The predicted molar refractivity (Wildman–Crippen MR) is 123 cm³/mol. The van der Waals surface area contributed by atoms with Gasteiger partial charge < -0.3 is 9.80 Å². The van der Waals surface area contributed by atoms with Gasteiger partial charge in [-0.25, -0.2) is 9.97 Å². The van der Waals surface area contributed by atoms with Gasteiger partial charge in [-0.05, 0) is 23.3 Å². The molecule has 0 spiro atoms. The highest BCUT2D eigenvalue weighted by Crippen LogP contribution is 2.30. The van der Waals surface area contributed by atoms with Crippen molar-refractivity contribution in [2.24, 2.45) is 0 Å². The number of nitrogens with zero attached hydrogens (tertiary/aromatic N) is 6. The van der Waals surface area contributed by atoms with Gasteiger partial charge in [-0.15, -0.1) is 5.10 Å². The minimum atomic E-state index is 0.771. The minimum absolute atomic E-state index is 0.771. The molecule has 0 aliphatic carbocycles. The Kier molecular flexibility index (Phi) is 5.52. The zero-order chi connectivity index (χ0) is 20.9. The molecule has 2 aromatic heterocycles. The Balaban J connectivity index is 1.41. The van der Waals surface area contributed by atoms with Gasteiger partial charge in [0.1, 0.15) is 0 Å². The summed E-state index contributed by atoms with van der Waals surface area (Å²) in [5.74, 6) is 1.73. The van der Waals surface area contributed by atoms with Crippen LogP contribution >= 0.6 is 0 Å². The van der Waals surface area contributed by atoms with Gasteiger partial charge in [0.05, 0.1) is 5.69 Å². The van der Waals surface area contributed by atoms with E-state index in [9.17, 15) is 0 Å². The minimum Gasteiger partial charge on any atom is -0.351 e. The maximum Gasteiger partial charge on any atom is 0.225 e. The van der Waals surface area contributed by atoms with E-state index in [2.05, 4.69) is 79.5 Å². The molecule has 5 rings (SSSR count). The van der Waals surface area contributed by atoms with Gasteiger partial charge in [-0.1, -0.05) is 60.7 Å². The van der Waals surface area contributed by atoms with Gasteiger partial charge in [0.15, 0.2) is 5.82 Å². The molecule has 6 heteroatoms. The molecule has 3 heterocycles. The van der Waals surface area contributed by atoms with Crippen molar-refractivity contribution >= 4 is 11.8 Å². The molecule has 0 unspecified atom stereocenters. The van der Waals surface area contributed by atoms with Crippen molar-refractivity contribution in [3.8, 4) is 11.1 Å². The third-order valence-electron chi connectivity index (χ3n) is 5.55. The van der Waals surface area contributed by atoms with Crippen molar-refractivity contribution in [3.05, 3.63) is 96.4 Å². The van der Waals surface area contributed by atoms with Crippen LogP contribution in [0.5, 0.6) is 0 Å². The average molecular weight is 409 g/mol. The van der Waals surface area contributed by atoms with Crippen LogP contribution in [0, 0.1) is 0 Å². The van der Waals surface area contributed by atoms with Gasteiger partial charge in [0.2, 0.25) is 5.95 Å². The second kappa shape index (κ2) is 8.92. The molecule has 0 bridgehead atoms. The first-order valence-electron chi connectivity index (χ1n) is 10.6. The van der Waals surface area contributed by atoms with Crippen molar-refractivity contribution in [1.29, 1.82) is 0 Å². The van der Waals surface area contributed by atoms with Crippen LogP contribution in [0.1, 0.15) is 11.3 Å². The third kappa shape index (κ3) is 4.38. The maximum atomic E-state index is 4.70. The van der Waals surface area contributed by atoms with Crippen molar-refractivity contribution in [1.82, 2.24) is 20.2 Å². The smallest absolute Gasteiger partial charge is 0.225 e. The Labute approximate surface area is 182 Å². The fraction of sp³-hybridized carbons (Fsp3) is 0.200. The average Bonchev–Trinajstić information content (AvgIpc) is 2.86. The number of aromatic nitrogens is 4. The van der Waals surface area contributed by atoms with Crippen LogP contribution in [0.25, 0.3) is 11.1 Å². The molecule has 31 heavy (non-hydrogen) atoms. The van der Waals surface area contributed by atoms with E-state index in [0.717, 1.165) is 61.2 Å². The number of rotatable bonds is 5. The summed E-state index contributed by atoms with van der Waals surface area (Å²) in [6.07, 6.45) is 4.35. The van der Waals surface area contributed by atoms with Crippen LogP contribution in [0.15, 0.2) is 85.2 Å². The van der Waals surface area contributed by atoms with Gasteiger partial charge in [0, 0.05) is 50.6 Å². The fourth-order valence-corrected chi connectivity index (χ4v) is 3.95. The van der Waals surface area contributed by atoms with E-state index < -0.39 is 0 Å². The number of hydrogen-bond donors (Lipinski definition) is 0. The molecule has 154 valence electrons. The van der Waals surface area contributed by atoms with E-state index in [0.29, 0.717) is 0 Å². The lowest BCUT2D eigenvalue weighted by molar-refractivity contribution is 0.631. The van der Waals surface area contributed by atoms with Crippen molar-refractivity contribution in [2.75, 3.05) is 36.0 Å². The van der Waals surface area contributed by atoms with Gasteiger partial charge in [-0.2, -0.15) is 5.10 Å². The van der Waals surface area contributed by atoms with E-state index >= 15 is 0 Å². The van der Waals surface area contributed by atoms with Crippen molar-refractivity contribution in [2.45, 2.75) is 6.42 Å². The number of benzene rings is 2. The van der Waals surface area contributed by atoms with Crippen molar-refractivity contribution < 1.29 is 0 Å². The molecule has 1 aliphatic rings. The highest BCUT2D eigenvalue weighted by molar-refractivity contribution is 5.76. The highest BCUT2D eigenvalue weighted by atomic mass is 15.3. The molecular weight excluding hydrogens is 384 g/mol. The highest BCUT2D eigenvalue weighted by Gasteiger charge is 2.23. The summed E-state index contributed by atoms with van der Waals surface area (Å²) < 4.78 is 0. The van der Waals surface area contributed by atoms with E-state index in [-0.39, 0.29) is 0 Å². The maximum absolute atomic E-state index is 4.70. The lowest BCUT2D eigenvalue weighted by Crippen LogP contribution is -2.47. The Bertz CT molecular complexity index is 1110. The topological polar surface area (TPSA) is 58.0 Å². The molecule has 1 saturated heterocycles. The van der Waals surface area contributed by atoms with Crippen molar-refractivity contribution in [3.63, 3.8) is 0 Å². The molecule has 0 amide bonds. The first-order valence-corrected chi connectivity index (χ1v) is 10.6. The zero-order valence-electron chi connectivity index (χ0n) is 17.3. The number of hydrogen-bond acceptors (Lipinski definition) is 6. The van der Waals surface area contributed by atoms with Crippen LogP contribution in [-0.2, 0) is 6.42 Å². The van der Waals surface area contributed by atoms with E-state index in [1.165, 1.54) is 5.56 Å². The van der Waals surface area contributed by atoms with Gasteiger partial charge in [-0.3, -0.25) is 0 Å². The Morgan fingerprint density at radius 3 is 2.03 bits per heavy atom. The zero-order valence-corrected chi connectivity index (χ0v) is 17.3. The lowest BCUT2D eigenvalue weighted by Gasteiger charge is -2.36. The normalized spacial score (nSPS) is 13.9. The Hall–Kier alpha value is -3.80. The van der Waals surface area contributed by atoms with Crippen LogP contribution in [0.2, 0.25) is 0 Å². The third-order valence-corrected chi connectivity index (χ3v) is 5.55. The van der Waals surface area contributed by atoms with E-state index in [4.69, 9.17) is 5.10 Å². The summed E-state index contributed by atoms with van der Waals surface area (Å²) in [5.41, 5.74) is 4.51. The largest absolute Gasteiger partial charge is 0.351 e. The number of piperazine rings is 1. The SMILES string of the molecule is c1ccc(Cc2cc(-c3ccccc3)c(N3CCN(c4ncccn4)CC3)nn2)cc1. The molecule has 2 aromatic carbocycles. The summed E-state index contributed by atoms with van der Waals surface area (Å²) in [5, 5.41) is 9.28. The summed E-state index contributed by atoms with van der Waals surface area (Å²) in [7, 11) is 0. The summed E-state index contributed by atoms with van der Waals surface area (Å²) in [6, 6.07) is 24.9. The van der Waals surface area contributed by atoms with Crippen LogP contribution in [0.4, 0.5) is 11.8 Å². The molecule has 0 N–H and O–H groups in total. The Morgan fingerprint density at radius 2 is 1.32 bits per heavy atom. The summed E-state index contributed by atoms with van der Waals surface area (Å²) >= 11 is 0. The summed E-state index contributed by atoms with van der Waals surface area (Å²) in [6.45, 7) is 3.41. The lowest BCUT2D eigenvalue weighted by atomic mass is 10.0. The quantitative estimate of drug-likeness (QED) is 0.500. The fourth-order valence-electron chi connectivity index (χ4n) is 3.95. The molecule has 1 aliphatic heterocycles. The summed E-state index contributed by atoms with van der Waals surface area (Å²) in [4.78, 5) is 13.3. The van der Waals surface area contributed by atoms with Crippen LogP contribution < -0.4 is 9.80 Å². The number of anilines is 2. The Morgan fingerprint density at radius 1 is 0.677 bits per heavy atom. The molecule has 0 atom stereocenters. The molecule has 0 radical (unpaired) electrons. The molecule has 1 fully saturated rings. The van der Waals surface area contributed by atoms with E-state index in [1.807, 2.05) is 18.2 Å². The van der Waals surface area contributed by atoms with Gasteiger partial charge in [0.25, 0.3) is 0 Å². The molecule has 6 nitrogen and oxygen atoms in total. The van der Waals surface area contributed by atoms with Crippen LogP contribution in [-0.4, -0.2) is 46.3 Å². The molecular formula is C25H24N6. The standard InChI is InChI=1S/C25H24N6/c1-3-8-20(9-4-1)18-22-19-23(21-10-5-2-6-11-21)24(29-28-22)30-14-16-31(17-15-30)25-26-12-7-13-27-25/h1-13,19H,14-18H2. The van der Waals surface area contributed by atoms with Gasteiger partial charge >= 0.3 is 0 Å². The first kappa shape index (κ1) is 19.2. The van der Waals surface area contributed by atoms with E-state index in [1.54, 1.807) is 12.4 Å².